The normalized spacial score (nSPS) is 24.4. The summed E-state index contributed by atoms with van der Waals surface area (Å²) >= 11 is 0. The molecule has 3 rings (SSSR count). The summed E-state index contributed by atoms with van der Waals surface area (Å²) < 4.78 is 39.7. The van der Waals surface area contributed by atoms with Crippen LogP contribution in [0.15, 0.2) is 24.3 Å². The first-order valence-electron chi connectivity index (χ1n) is 8.99. The maximum atomic E-state index is 13.3. The van der Waals surface area contributed by atoms with E-state index in [2.05, 4.69) is 4.90 Å². The number of carbonyl (C=O) groups is 1. The summed E-state index contributed by atoms with van der Waals surface area (Å²) in [4.78, 5) is 16.7. The number of benzene rings is 1. The van der Waals surface area contributed by atoms with Gasteiger partial charge >= 0.3 is 0 Å². The molecule has 0 aromatic heterocycles. The number of alkyl halides is 2. The highest BCUT2D eigenvalue weighted by atomic mass is 19.3. The lowest BCUT2D eigenvalue weighted by atomic mass is 9.91. The summed E-state index contributed by atoms with van der Waals surface area (Å²) in [5.74, 6) is -2.83. The average molecular weight is 354 g/mol. The largest absolute Gasteiger partial charge is 0.341 e. The number of likely N-dealkylation sites (tertiary alicyclic amines) is 1. The molecule has 0 radical (unpaired) electrons. The molecule has 3 nitrogen and oxygen atoms in total. The van der Waals surface area contributed by atoms with E-state index >= 15 is 0 Å². The number of carbonyl (C=O) groups excluding carboxylic acids is 1. The minimum absolute atomic E-state index is 0.0230. The van der Waals surface area contributed by atoms with E-state index in [9.17, 15) is 18.0 Å². The molecule has 1 saturated carbocycles. The molecule has 2 aliphatic rings. The van der Waals surface area contributed by atoms with Crippen molar-refractivity contribution < 1.29 is 18.0 Å². The van der Waals surface area contributed by atoms with Gasteiger partial charge in [0.05, 0.1) is 6.04 Å². The number of rotatable bonds is 4. The molecule has 1 aliphatic heterocycles. The summed E-state index contributed by atoms with van der Waals surface area (Å²) in [7, 11) is 1.74. The summed E-state index contributed by atoms with van der Waals surface area (Å²) in [5.41, 5.74) is 0.973. The second kappa shape index (κ2) is 7.36. The lowest BCUT2D eigenvalue weighted by molar-refractivity contribution is -0.139. The van der Waals surface area contributed by atoms with Crippen molar-refractivity contribution in [3.63, 3.8) is 0 Å². The van der Waals surface area contributed by atoms with Crippen LogP contribution >= 0.6 is 0 Å². The van der Waals surface area contributed by atoms with Gasteiger partial charge in [0.25, 0.3) is 0 Å². The first kappa shape index (κ1) is 18.2. The predicted molar refractivity (Wildman–Crippen MR) is 89.8 cm³/mol. The molecule has 1 saturated heterocycles. The summed E-state index contributed by atoms with van der Waals surface area (Å²) in [6, 6.07) is 6.02. The Balaban J connectivity index is 1.61. The van der Waals surface area contributed by atoms with Crippen LogP contribution in [-0.4, -0.2) is 47.3 Å². The Morgan fingerprint density at radius 1 is 1.20 bits per heavy atom. The molecule has 138 valence electrons. The molecule has 0 spiro atoms. The number of hydrogen-bond donors (Lipinski definition) is 0. The van der Waals surface area contributed by atoms with E-state index in [1.54, 1.807) is 24.1 Å². The molecule has 1 aliphatic carbocycles. The number of amides is 1. The zero-order chi connectivity index (χ0) is 18.0. The zero-order valence-electron chi connectivity index (χ0n) is 14.6. The number of nitrogens with zero attached hydrogens (tertiary/aromatic N) is 2. The van der Waals surface area contributed by atoms with Gasteiger partial charge in [-0.1, -0.05) is 12.1 Å². The number of hydrogen-bond acceptors (Lipinski definition) is 2. The van der Waals surface area contributed by atoms with Gasteiger partial charge in [0.15, 0.2) is 0 Å². The van der Waals surface area contributed by atoms with Gasteiger partial charge in [-0.3, -0.25) is 9.69 Å². The van der Waals surface area contributed by atoms with Crippen LogP contribution in [0.5, 0.6) is 0 Å². The second-order valence-electron chi connectivity index (χ2n) is 7.29. The Labute approximate surface area is 146 Å². The Bertz CT molecular complexity index is 595. The summed E-state index contributed by atoms with van der Waals surface area (Å²) in [6.07, 6.45) is 2.17. The van der Waals surface area contributed by atoms with Crippen LogP contribution in [0.2, 0.25) is 0 Å². The van der Waals surface area contributed by atoms with E-state index in [0.29, 0.717) is 19.4 Å². The Hall–Kier alpha value is -1.56. The van der Waals surface area contributed by atoms with Crippen LogP contribution in [0, 0.1) is 5.82 Å². The van der Waals surface area contributed by atoms with Crippen LogP contribution in [0.3, 0.4) is 0 Å². The Morgan fingerprint density at radius 3 is 2.48 bits per heavy atom. The van der Waals surface area contributed by atoms with E-state index in [0.717, 1.165) is 24.9 Å². The molecule has 0 bridgehead atoms. The van der Waals surface area contributed by atoms with Gasteiger partial charge in [0, 0.05) is 32.5 Å². The third-order valence-corrected chi connectivity index (χ3v) is 5.53. The van der Waals surface area contributed by atoms with Crippen molar-refractivity contribution in [1.82, 2.24) is 9.80 Å². The average Bonchev–Trinajstić information content (AvgIpc) is 3.04. The predicted octanol–water partition coefficient (Wildman–Crippen LogP) is 3.83. The number of likely N-dealkylation sites (N-methyl/N-ethyl adjacent to an activating group) is 1. The molecule has 25 heavy (non-hydrogen) atoms. The van der Waals surface area contributed by atoms with E-state index in [1.165, 1.54) is 12.1 Å². The minimum Gasteiger partial charge on any atom is -0.341 e. The monoisotopic (exact) mass is 354 g/mol. The lowest BCUT2D eigenvalue weighted by Gasteiger charge is -2.37. The Kier molecular flexibility index (Phi) is 5.37. The standard InChI is InChI=1S/C19H25F3N2O/c1-23(16-8-10-19(21,22)11-9-16)18(25)17-3-2-12-24(17)13-14-4-6-15(20)7-5-14/h4-7,16-17H,2-3,8-13H2,1H3. The van der Waals surface area contributed by atoms with Crippen molar-refractivity contribution in [2.24, 2.45) is 0 Å². The third-order valence-electron chi connectivity index (χ3n) is 5.53. The highest BCUT2D eigenvalue weighted by Crippen LogP contribution is 2.35. The van der Waals surface area contributed by atoms with Gasteiger partial charge in [0.1, 0.15) is 5.82 Å². The third kappa shape index (κ3) is 4.35. The van der Waals surface area contributed by atoms with Crippen molar-refractivity contribution in [3.05, 3.63) is 35.6 Å². The fraction of sp³-hybridized carbons (Fsp3) is 0.632. The lowest BCUT2D eigenvalue weighted by Crippen LogP contribution is -2.49. The summed E-state index contributed by atoms with van der Waals surface area (Å²) in [5, 5.41) is 0. The first-order chi connectivity index (χ1) is 11.9. The smallest absolute Gasteiger partial charge is 0.248 e. The summed E-state index contributed by atoms with van der Waals surface area (Å²) in [6.45, 7) is 1.43. The van der Waals surface area contributed by atoms with Crippen LogP contribution in [0.4, 0.5) is 13.2 Å². The van der Waals surface area contributed by atoms with Crippen LogP contribution in [-0.2, 0) is 11.3 Å². The highest BCUT2D eigenvalue weighted by Gasteiger charge is 2.40. The van der Waals surface area contributed by atoms with Gasteiger partial charge in [0.2, 0.25) is 11.8 Å². The maximum absolute atomic E-state index is 13.3. The van der Waals surface area contributed by atoms with Crippen molar-refractivity contribution in [2.45, 2.75) is 63.1 Å². The van der Waals surface area contributed by atoms with Gasteiger partial charge in [-0.15, -0.1) is 0 Å². The topological polar surface area (TPSA) is 23.6 Å². The van der Waals surface area contributed by atoms with Gasteiger partial charge in [-0.05, 0) is 49.9 Å². The molecule has 1 unspecified atom stereocenters. The molecule has 1 aromatic rings. The van der Waals surface area contributed by atoms with E-state index in [-0.39, 0.29) is 36.6 Å². The number of halogens is 3. The maximum Gasteiger partial charge on any atom is 0.248 e. The fourth-order valence-electron chi connectivity index (χ4n) is 3.95. The molecule has 1 amide bonds. The van der Waals surface area contributed by atoms with E-state index in [4.69, 9.17) is 0 Å². The van der Waals surface area contributed by atoms with Gasteiger partial charge in [-0.25, -0.2) is 13.2 Å². The molecule has 1 atom stereocenters. The van der Waals surface area contributed by atoms with Crippen molar-refractivity contribution >= 4 is 5.91 Å². The van der Waals surface area contributed by atoms with Crippen molar-refractivity contribution in [2.75, 3.05) is 13.6 Å². The zero-order valence-corrected chi connectivity index (χ0v) is 14.6. The molecule has 1 aromatic carbocycles. The molecular weight excluding hydrogens is 329 g/mol. The highest BCUT2D eigenvalue weighted by molar-refractivity contribution is 5.82. The Morgan fingerprint density at radius 2 is 1.84 bits per heavy atom. The molecule has 1 heterocycles. The van der Waals surface area contributed by atoms with E-state index < -0.39 is 5.92 Å². The van der Waals surface area contributed by atoms with Crippen LogP contribution in [0.25, 0.3) is 0 Å². The molecule has 2 fully saturated rings. The fourth-order valence-corrected chi connectivity index (χ4v) is 3.95. The molecular formula is C19H25F3N2O. The molecule has 0 N–H and O–H groups in total. The first-order valence-corrected chi connectivity index (χ1v) is 8.99. The molecule has 6 heteroatoms. The second-order valence-corrected chi connectivity index (χ2v) is 7.29. The van der Waals surface area contributed by atoms with Gasteiger partial charge < -0.3 is 4.90 Å². The SMILES string of the molecule is CN(C(=O)C1CCCN1Cc1ccc(F)cc1)C1CCC(F)(F)CC1. The van der Waals surface area contributed by atoms with E-state index in [1.807, 2.05) is 0 Å². The quantitative estimate of drug-likeness (QED) is 0.821. The van der Waals surface area contributed by atoms with Crippen LogP contribution in [0.1, 0.15) is 44.1 Å². The van der Waals surface area contributed by atoms with Gasteiger partial charge in [-0.2, -0.15) is 0 Å². The van der Waals surface area contributed by atoms with Crippen LogP contribution < -0.4 is 0 Å². The minimum atomic E-state index is -2.58. The van der Waals surface area contributed by atoms with Crippen molar-refractivity contribution in [1.29, 1.82) is 0 Å². The van der Waals surface area contributed by atoms with Crippen molar-refractivity contribution in [3.8, 4) is 0 Å².